The van der Waals surface area contributed by atoms with Crippen LogP contribution in [0.5, 0.6) is 5.75 Å². The summed E-state index contributed by atoms with van der Waals surface area (Å²) in [5.41, 5.74) is 0.903. The van der Waals surface area contributed by atoms with Gasteiger partial charge in [0.15, 0.2) is 0 Å². The number of fused-ring (bicyclic) bond motifs is 1. The van der Waals surface area contributed by atoms with E-state index in [0.29, 0.717) is 13.2 Å². The van der Waals surface area contributed by atoms with Crippen LogP contribution in [-0.4, -0.2) is 32.9 Å². The van der Waals surface area contributed by atoms with Gasteiger partial charge in [-0.3, -0.25) is 0 Å². The number of ether oxygens (including phenoxy) is 1. The molecule has 1 aliphatic rings. The number of para-hydroxylation sites is 1. The first-order valence-electron chi connectivity index (χ1n) is 6.86. The molecule has 112 valence electrons. The van der Waals surface area contributed by atoms with Crippen LogP contribution in [0, 0.1) is 0 Å². The standard InChI is InChI=1S/C14H22N2O3S/c1-10(2)15-8-11(3)20(17,18)16-13-9-19-14-7-5-4-6-12(13)14/h4-7,10-11,13,15-16H,8-9H2,1-3H3. The van der Waals surface area contributed by atoms with Crippen molar-refractivity contribution in [1.29, 1.82) is 0 Å². The van der Waals surface area contributed by atoms with Crippen LogP contribution in [0.25, 0.3) is 0 Å². The summed E-state index contributed by atoms with van der Waals surface area (Å²) in [5, 5.41) is 2.66. The molecule has 5 nitrogen and oxygen atoms in total. The summed E-state index contributed by atoms with van der Waals surface area (Å²) in [6, 6.07) is 7.49. The average molecular weight is 298 g/mol. The fourth-order valence-electron chi connectivity index (χ4n) is 2.09. The van der Waals surface area contributed by atoms with Gasteiger partial charge in [-0.25, -0.2) is 13.1 Å². The van der Waals surface area contributed by atoms with Gasteiger partial charge in [-0.2, -0.15) is 0 Å². The summed E-state index contributed by atoms with van der Waals surface area (Å²) in [4.78, 5) is 0. The van der Waals surface area contributed by atoms with Gasteiger partial charge in [-0.15, -0.1) is 0 Å². The van der Waals surface area contributed by atoms with Crippen molar-refractivity contribution in [3.63, 3.8) is 0 Å². The van der Waals surface area contributed by atoms with E-state index in [1.807, 2.05) is 38.1 Å². The molecule has 0 radical (unpaired) electrons. The molecule has 2 rings (SSSR count). The Morgan fingerprint density at radius 3 is 2.70 bits per heavy atom. The van der Waals surface area contributed by atoms with Crippen molar-refractivity contribution >= 4 is 10.0 Å². The maximum Gasteiger partial charge on any atom is 0.216 e. The highest BCUT2D eigenvalue weighted by atomic mass is 32.2. The van der Waals surface area contributed by atoms with Crippen molar-refractivity contribution in [3.8, 4) is 5.75 Å². The second-order valence-corrected chi connectivity index (χ2v) is 7.57. The normalized spacial score (nSPS) is 19.7. The van der Waals surface area contributed by atoms with Crippen LogP contribution >= 0.6 is 0 Å². The van der Waals surface area contributed by atoms with Crippen molar-refractivity contribution in [1.82, 2.24) is 10.0 Å². The molecule has 0 amide bonds. The van der Waals surface area contributed by atoms with E-state index in [9.17, 15) is 8.42 Å². The molecule has 1 aromatic carbocycles. The molecular formula is C14H22N2O3S. The molecule has 0 aromatic heterocycles. The van der Waals surface area contributed by atoms with Crippen molar-refractivity contribution in [2.75, 3.05) is 13.2 Å². The van der Waals surface area contributed by atoms with Gasteiger partial charge in [0.05, 0.1) is 11.3 Å². The zero-order valence-electron chi connectivity index (χ0n) is 12.1. The van der Waals surface area contributed by atoms with Gasteiger partial charge in [0.1, 0.15) is 12.4 Å². The van der Waals surface area contributed by atoms with Crippen LogP contribution in [0.4, 0.5) is 0 Å². The van der Waals surface area contributed by atoms with Gasteiger partial charge in [-0.1, -0.05) is 32.0 Å². The predicted molar refractivity (Wildman–Crippen MR) is 79.3 cm³/mol. The van der Waals surface area contributed by atoms with Gasteiger partial charge < -0.3 is 10.1 Å². The summed E-state index contributed by atoms with van der Waals surface area (Å²) in [6.45, 7) is 6.48. The Labute approximate surface area is 120 Å². The average Bonchev–Trinajstić information content (AvgIpc) is 2.79. The lowest BCUT2D eigenvalue weighted by molar-refractivity contribution is 0.324. The fourth-order valence-corrected chi connectivity index (χ4v) is 3.23. The van der Waals surface area contributed by atoms with Crippen LogP contribution in [0.2, 0.25) is 0 Å². The maximum atomic E-state index is 12.3. The van der Waals surface area contributed by atoms with Crippen molar-refractivity contribution in [3.05, 3.63) is 29.8 Å². The first-order chi connectivity index (χ1) is 9.40. The maximum absolute atomic E-state index is 12.3. The second kappa shape index (κ2) is 6.11. The van der Waals surface area contributed by atoms with E-state index in [4.69, 9.17) is 4.74 Å². The van der Waals surface area contributed by atoms with Gasteiger partial charge >= 0.3 is 0 Å². The molecule has 6 heteroatoms. The molecule has 2 unspecified atom stereocenters. The summed E-state index contributed by atoms with van der Waals surface area (Å²) in [7, 11) is -3.37. The Morgan fingerprint density at radius 2 is 2.00 bits per heavy atom. The zero-order valence-corrected chi connectivity index (χ0v) is 12.9. The van der Waals surface area contributed by atoms with E-state index in [0.717, 1.165) is 11.3 Å². The third kappa shape index (κ3) is 3.50. The SMILES string of the molecule is CC(C)NCC(C)S(=O)(=O)NC1COc2ccccc21. The predicted octanol–water partition coefficient (Wildman–Crippen LogP) is 1.43. The molecule has 0 bridgehead atoms. The highest BCUT2D eigenvalue weighted by Crippen LogP contribution is 2.32. The number of nitrogens with one attached hydrogen (secondary N) is 2. The molecule has 0 spiro atoms. The summed E-state index contributed by atoms with van der Waals surface area (Å²) in [6.07, 6.45) is 0. The Balaban J connectivity index is 2.03. The molecule has 0 fully saturated rings. The zero-order chi connectivity index (χ0) is 14.8. The smallest absolute Gasteiger partial charge is 0.216 e. The molecule has 0 aliphatic carbocycles. The molecule has 0 saturated heterocycles. The summed E-state index contributed by atoms with van der Waals surface area (Å²) < 4.78 is 32.8. The van der Waals surface area contributed by atoms with E-state index in [-0.39, 0.29) is 12.1 Å². The minimum Gasteiger partial charge on any atom is -0.491 e. The Hall–Kier alpha value is -1.11. The first-order valence-corrected chi connectivity index (χ1v) is 8.41. The lowest BCUT2D eigenvalue weighted by atomic mass is 10.1. The van der Waals surface area contributed by atoms with Gasteiger partial charge in [0.2, 0.25) is 10.0 Å². The minimum atomic E-state index is -3.37. The van der Waals surface area contributed by atoms with Crippen molar-refractivity contribution in [2.45, 2.75) is 38.1 Å². The lowest BCUT2D eigenvalue weighted by Gasteiger charge is -2.19. The number of hydrogen-bond donors (Lipinski definition) is 2. The van der Waals surface area contributed by atoms with Crippen LogP contribution < -0.4 is 14.8 Å². The van der Waals surface area contributed by atoms with E-state index >= 15 is 0 Å². The topological polar surface area (TPSA) is 67.4 Å². The fraction of sp³-hybridized carbons (Fsp3) is 0.571. The molecular weight excluding hydrogens is 276 g/mol. The molecule has 20 heavy (non-hydrogen) atoms. The number of hydrogen-bond acceptors (Lipinski definition) is 4. The molecule has 0 saturated carbocycles. The quantitative estimate of drug-likeness (QED) is 0.833. The first kappa shape index (κ1) is 15.3. The number of sulfonamides is 1. The van der Waals surface area contributed by atoms with Crippen LogP contribution in [0.3, 0.4) is 0 Å². The van der Waals surface area contributed by atoms with E-state index in [1.165, 1.54) is 0 Å². The minimum absolute atomic E-state index is 0.267. The number of rotatable bonds is 6. The molecule has 1 aromatic rings. The highest BCUT2D eigenvalue weighted by molar-refractivity contribution is 7.90. The second-order valence-electron chi connectivity index (χ2n) is 5.44. The number of benzene rings is 1. The lowest BCUT2D eigenvalue weighted by Crippen LogP contribution is -2.42. The van der Waals surface area contributed by atoms with Crippen LogP contribution in [0.1, 0.15) is 32.4 Å². The van der Waals surface area contributed by atoms with E-state index in [1.54, 1.807) is 6.92 Å². The van der Waals surface area contributed by atoms with Crippen molar-refractivity contribution in [2.24, 2.45) is 0 Å². The Kier molecular flexibility index (Phi) is 4.67. The molecule has 2 atom stereocenters. The van der Waals surface area contributed by atoms with Gasteiger partial charge in [-0.05, 0) is 13.0 Å². The third-order valence-corrected chi connectivity index (χ3v) is 5.19. The third-order valence-electron chi connectivity index (χ3n) is 3.35. The van der Waals surface area contributed by atoms with Crippen LogP contribution in [0.15, 0.2) is 24.3 Å². The summed E-state index contributed by atoms with van der Waals surface area (Å²) in [5.74, 6) is 0.758. The molecule has 2 N–H and O–H groups in total. The van der Waals surface area contributed by atoms with E-state index < -0.39 is 15.3 Å². The van der Waals surface area contributed by atoms with Crippen molar-refractivity contribution < 1.29 is 13.2 Å². The molecule has 1 heterocycles. The Bertz CT molecular complexity index is 557. The van der Waals surface area contributed by atoms with E-state index in [2.05, 4.69) is 10.0 Å². The highest BCUT2D eigenvalue weighted by Gasteiger charge is 2.30. The largest absolute Gasteiger partial charge is 0.491 e. The van der Waals surface area contributed by atoms with Gasteiger partial charge in [0.25, 0.3) is 0 Å². The van der Waals surface area contributed by atoms with Gasteiger partial charge in [0, 0.05) is 18.2 Å². The van der Waals surface area contributed by atoms with Crippen LogP contribution in [-0.2, 0) is 10.0 Å². The monoisotopic (exact) mass is 298 g/mol. The molecule has 1 aliphatic heterocycles. The Morgan fingerprint density at radius 1 is 1.30 bits per heavy atom. The summed E-state index contributed by atoms with van der Waals surface area (Å²) >= 11 is 0.